The monoisotopic (exact) mass is 546 g/mol. The van der Waals surface area contributed by atoms with E-state index in [9.17, 15) is 18.4 Å². The van der Waals surface area contributed by atoms with Gasteiger partial charge in [-0.15, -0.1) is 0 Å². The molecular formula is C28H26N4O6S. The number of ether oxygens (including phenoxy) is 1. The molecule has 0 unspecified atom stereocenters. The molecule has 4 rings (SSSR count). The van der Waals surface area contributed by atoms with E-state index in [-0.39, 0.29) is 22.7 Å². The van der Waals surface area contributed by atoms with Crippen molar-refractivity contribution in [3.05, 3.63) is 107 Å². The lowest BCUT2D eigenvalue weighted by Crippen LogP contribution is -2.34. The molecule has 0 saturated carbocycles. The fraction of sp³-hybridized carbons (Fsp3) is 0.107. The van der Waals surface area contributed by atoms with Crippen molar-refractivity contribution in [1.82, 2.24) is 10.5 Å². The van der Waals surface area contributed by atoms with Gasteiger partial charge in [0, 0.05) is 12.4 Å². The molecule has 0 aliphatic rings. The van der Waals surface area contributed by atoms with Gasteiger partial charge in [0.25, 0.3) is 15.9 Å². The van der Waals surface area contributed by atoms with Gasteiger partial charge in [-0.3, -0.25) is 19.3 Å². The summed E-state index contributed by atoms with van der Waals surface area (Å²) in [5.41, 5.74) is 4.78. The zero-order valence-electron chi connectivity index (χ0n) is 21.1. The first kappa shape index (κ1) is 27.3. The maximum atomic E-state index is 14.0. The molecule has 0 radical (unpaired) electrons. The van der Waals surface area contributed by atoms with Crippen LogP contribution in [0.2, 0.25) is 0 Å². The number of rotatable bonds is 9. The maximum Gasteiger partial charge on any atom is 0.276 e. The first-order valence-corrected chi connectivity index (χ1v) is 13.1. The van der Waals surface area contributed by atoms with Gasteiger partial charge < -0.3 is 9.94 Å². The van der Waals surface area contributed by atoms with Crippen molar-refractivity contribution in [3.8, 4) is 16.9 Å². The molecule has 10 nitrogen and oxygen atoms in total. The molecule has 11 heteroatoms. The number of pyridine rings is 1. The fourth-order valence-electron chi connectivity index (χ4n) is 4.16. The number of aromatic nitrogens is 1. The van der Waals surface area contributed by atoms with E-state index in [2.05, 4.69) is 10.1 Å². The van der Waals surface area contributed by atoms with Crippen molar-refractivity contribution in [3.63, 3.8) is 0 Å². The SMILES string of the molecule is COc1ccc(S(=O)(=O)N(Cc2cccnc2)c2c(C)cc(-c3ccc(/C=N\O)cc3)cc2C(=O)NO)cc1. The van der Waals surface area contributed by atoms with Crippen molar-refractivity contribution in [1.29, 1.82) is 0 Å². The quantitative estimate of drug-likeness (QED) is 0.122. The molecule has 0 aliphatic carbocycles. The highest BCUT2D eigenvalue weighted by Crippen LogP contribution is 2.36. The molecule has 4 aromatic rings. The molecule has 0 fully saturated rings. The second-order valence-corrected chi connectivity index (χ2v) is 10.4. The van der Waals surface area contributed by atoms with Crippen molar-refractivity contribution in [2.24, 2.45) is 5.16 Å². The van der Waals surface area contributed by atoms with Crippen molar-refractivity contribution < 1.29 is 28.4 Å². The van der Waals surface area contributed by atoms with Crippen molar-refractivity contribution >= 4 is 27.8 Å². The second-order valence-electron chi connectivity index (χ2n) is 8.55. The summed E-state index contributed by atoms with van der Waals surface area (Å²) in [5.74, 6) is -0.384. The van der Waals surface area contributed by atoms with Crippen LogP contribution in [0.4, 0.5) is 5.69 Å². The number of carbonyl (C=O) groups is 1. The highest BCUT2D eigenvalue weighted by molar-refractivity contribution is 7.92. The van der Waals surface area contributed by atoms with Crippen LogP contribution in [0.25, 0.3) is 11.1 Å². The van der Waals surface area contributed by atoms with E-state index in [1.54, 1.807) is 67.3 Å². The van der Waals surface area contributed by atoms with Crippen molar-refractivity contribution in [2.45, 2.75) is 18.4 Å². The summed E-state index contributed by atoms with van der Waals surface area (Å²) < 4.78 is 34.4. The van der Waals surface area contributed by atoms with Crippen LogP contribution in [-0.4, -0.2) is 43.0 Å². The average Bonchev–Trinajstić information content (AvgIpc) is 2.96. The molecule has 0 atom stereocenters. The Labute approximate surface area is 225 Å². The van der Waals surface area contributed by atoms with Gasteiger partial charge in [-0.1, -0.05) is 35.5 Å². The lowest BCUT2D eigenvalue weighted by atomic mass is 9.97. The number of hydrogen-bond acceptors (Lipinski definition) is 8. The standard InChI is InChI=1S/C28H26N4O6S/c1-19-14-23(22-7-5-20(6-8-22)17-30-34)15-26(28(33)31-35)27(19)32(18-21-4-3-13-29-16-21)39(36,37)25-11-9-24(38-2)10-12-25/h3-17,34-35H,18H2,1-2H3,(H,31,33)/b30-17-. The van der Waals surface area contributed by atoms with Crippen LogP contribution in [0.5, 0.6) is 5.75 Å². The Morgan fingerprint density at radius 2 is 1.79 bits per heavy atom. The van der Waals surface area contributed by atoms with Crippen LogP contribution in [0, 0.1) is 6.92 Å². The minimum Gasteiger partial charge on any atom is -0.497 e. The summed E-state index contributed by atoms with van der Waals surface area (Å²) in [6, 6.07) is 19.6. The lowest BCUT2D eigenvalue weighted by Gasteiger charge is -2.28. The molecule has 1 heterocycles. The van der Waals surface area contributed by atoms with E-state index in [0.29, 0.717) is 28.0 Å². The lowest BCUT2D eigenvalue weighted by molar-refractivity contribution is 0.0707. The van der Waals surface area contributed by atoms with E-state index in [4.69, 9.17) is 9.94 Å². The number of benzene rings is 3. The molecule has 1 aromatic heterocycles. The number of oxime groups is 1. The van der Waals surface area contributed by atoms with Crippen LogP contribution in [-0.2, 0) is 16.6 Å². The molecule has 0 saturated heterocycles. The number of anilines is 1. The summed E-state index contributed by atoms with van der Waals surface area (Å²) in [6.07, 6.45) is 4.40. The number of aryl methyl sites for hydroxylation is 1. The molecule has 39 heavy (non-hydrogen) atoms. The van der Waals surface area contributed by atoms with Gasteiger partial charge in [-0.25, -0.2) is 13.9 Å². The minimum absolute atomic E-state index is 0.00726. The first-order chi connectivity index (χ1) is 18.8. The number of amides is 1. The van der Waals surface area contributed by atoms with Crippen LogP contribution in [0.1, 0.15) is 27.0 Å². The summed E-state index contributed by atoms with van der Waals surface area (Å²) >= 11 is 0. The van der Waals surface area contributed by atoms with E-state index in [1.807, 2.05) is 0 Å². The fourth-order valence-corrected chi connectivity index (χ4v) is 5.69. The highest BCUT2D eigenvalue weighted by Gasteiger charge is 2.31. The maximum absolute atomic E-state index is 14.0. The Balaban J connectivity index is 1.91. The molecule has 1 amide bonds. The Hall–Kier alpha value is -4.74. The number of methoxy groups -OCH3 is 1. The Bertz CT molecular complexity index is 1590. The number of nitrogens with one attached hydrogen (secondary N) is 1. The Morgan fingerprint density at radius 1 is 1.08 bits per heavy atom. The van der Waals surface area contributed by atoms with Gasteiger partial charge in [-0.05, 0) is 77.2 Å². The van der Waals surface area contributed by atoms with Gasteiger partial charge in [0.2, 0.25) is 0 Å². The molecule has 0 aliphatic heterocycles. The van der Waals surface area contributed by atoms with Crippen LogP contribution >= 0.6 is 0 Å². The van der Waals surface area contributed by atoms with Gasteiger partial charge >= 0.3 is 0 Å². The van der Waals surface area contributed by atoms with Gasteiger partial charge in [0.15, 0.2) is 0 Å². The summed E-state index contributed by atoms with van der Waals surface area (Å²) in [4.78, 5) is 17.0. The van der Waals surface area contributed by atoms with E-state index in [0.717, 1.165) is 9.87 Å². The first-order valence-electron chi connectivity index (χ1n) is 11.7. The van der Waals surface area contributed by atoms with E-state index >= 15 is 0 Å². The predicted octanol–water partition coefficient (Wildman–Crippen LogP) is 4.39. The Morgan fingerprint density at radius 3 is 2.38 bits per heavy atom. The third-order valence-corrected chi connectivity index (χ3v) is 7.80. The summed E-state index contributed by atoms with van der Waals surface area (Å²) in [6.45, 7) is 1.57. The largest absolute Gasteiger partial charge is 0.497 e. The Kier molecular flexibility index (Phi) is 8.23. The highest BCUT2D eigenvalue weighted by atomic mass is 32.2. The van der Waals surface area contributed by atoms with Crippen molar-refractivity contribution in [2.75, 3.05) is 11.4 Å². The average molecular weight is 547 g/mol. The second kappa shape index (κ2) is 11.8. The number of hydroxylamine groups is 1. The third-order valence-electron chi connectivity index (χ3n) is 6.04. The predicted molar refractivity (Wildman–Crippen MR) is 146 cm³/mol. The molecular weight excluding hydrogens is 520 g/mol. The number of sulfonamides is 1. The molecule has 3 N–H and O–H groups in total. The number of hydrogen-bond donors (Lipinski definition) is 3. The zero-order valence-corrected chi connectivity index (χ0v) is 22.0. The van der Waals surface area contributed by atoms with Crippen LogP contribution in [0.15, 0.2) is 95.2 Å². The van der Waals surface area contributed by atoms with Gasteiger partial charge in [0.05, 0.1) is 36.0 Å². The van der Waals surface area contributed by atoms with E-state index < -0.39 is 15.9 Å². The number of nitrogens with zero attached hydrogens (tertiary/aromatic N) is 3. The molecule has 0 bridgehead atoms. The topological polar surface area (TPSA) is 141 Å². The smallest absolute Gasteiger partial charge is 0.276 e. The minimum atomic E-state index is -4.20. The van der Waals surface area contributed by atoms with Gasteiger partial charge in [0.1, 0.15) is 5.75 Å². The zero-order chi connectivity index (χ0) is 28.0. The third kappa shape index (κ3) is 5.89. The van der Waals surface area contributed by atoms with Crippen LogP contribution in [0.3, 0.4) is 0 Å². The molecule has 0 spiro atoms. The summed E-state index contributed by atoms with van der Waals surface area (Å²) in [7, 11) is -2.72. The van der Waals surface area contributed by atoms with Crippen LogP contribution < -0.4 is 14.5 Å². The molecule has 3 aromatic carbocycles. The summed E-state index contributed by atoms with van der Waals surface area (Å²) in [5, 5.41) is 21.4. The molecule has 200 valence electrons. The van der Waals surface area contributed by atoms with E-state index in [1.165, 1.54) is 43.7 Å². The normalized spacial score (nSPS) is 11.4. The number of carbonyl (C=O) groups excluding carboxylic acids is 1. The van der Waals surface area contributed by atoms with Gasteiger partial charge in [-0.2, -0.15) is 0 Å².